The molecule has 0 heterocycles. The van der Waals surface area contributed by atoms with Crippen LogP contribution in [0.1, 0.15) is 20.8 Å². The molecule has 0 rings (SSSR count). The van der Waals surface area contributed by atoms with E-state index < -0.39 is 14.6 Å². The van der Waals surface area contributed by atoms with Gasteiger partial charge < -0.3 is 0 Å². The summed E-state index contributed by atoms with van der Waals surface area (Å²) in [4.78, 5) is 0. The molecule has 0 aliphatic rings. The molecule has 8 heavy (non-hydrogen) atoms. The predicted octanol–water partition coefficient (Wildman–Crippen LogP) is 1.36. The van der Waals surface area contributed by atoms with Crippen molar-refractivity contribution in [1.82, 2.24) is 4.27 Å². The minimum atomic E-state index is -0.942. The molecule has 1 N–H and O–H groups in total. The Morgan fingerprint density at radius 1 is 1.50 bits per heavy atom. The quantitative estimate of drug-likeness (QED) is 0.639. The average Bonchev–Trinajstić information content (AvgIpc) is 1.69. The van der Waals surface area contributed by atoms with E-state index in [1.165, 1.54) is 5.25 Å². The first kappa shape index (κ1) is 8.50. The zero-order chi connectivity index (χ0) is 6.57. The van der Waals surface area contributed by atoms with Crippen molar-refractivity contribution < 1.29 is 0 Å². The molecule has 0 aliphatic heterocycles. The summed E-state index contributed by atoms with van der Waals surface area (Å²) in [6.07, 6.45) is 0. The monoisotopic (exact) mass is 177 g/mol. The SMILES string of the molecule is C[CH2][GeH]([NH]C)[CH](C)C. The number of rotatable bonds is 3. The van der Waals surface area contributed by atoms with Crippen LogP contribution in [0.25, 0.3) is 0 Å². The first-order valence-electron chi connectivity index (χ1n) is 3.39. The summed E-state index contributed by atoms with van der Waals surface area (Å²) in [5.41, 5.74) is 0. The molecule has 1 atom stereocenters. The van der Waals surface area contributed by atoms with Gasteiger partial charge in [0.2, 0.25) is 0 Å². The first-order valence-corrected chi connectivity index (χ1v) is 7.72. The van der Waals surface area contributed by atoms with Gasteiger partial charge in [-0.25, -0.2) is 0 Å². The minimum absolute atomic E-state index is 0.942. The van der Waals surface area contributed by atoms with E-state index in [-0.39, 0.29) is 0 Å². The van der Waals surface area contributed by atoms with Crippen LogP contribution in [0.5, 0.6) is 0 Å². The molecule has 0 spiro atoms. The average molecular weight is 176 g/mol. The van der Waals surface area contributed by atoms with Gasteiger partial charge in [0.05, 0.1) is 0 Å². The van der Waals surface area contributed by atoms with Crippen LogP contribution in [0.15, 0.2) is 0 Å². The molecule has 50 valence electrons. The van der Waals surface area contributed by atoms with E-state index >= 15 is 0 Å². The molecule has 0 fully saturated rings. The van der Waals surface area contributed by atoms with Crippen molar-refractivity contribution in [3.63, 3.8) is 0 Å². The Kier molecular flexibility index (Phi) is 4.66. The molecule has 0 aromatic heterocycles. The van der Waals surface area contributed by atoms with Crippen LogP contribution in [0.2, 0.25) is 10.0 Å². The summed E-state index contributed by atoms with van der Waals surface area (Å²) in [6, 6.07) is 0. The van der Waals surface area contributed by atoms with E-state index in [9.17, 15) is 0 Å². The van der Waals surface area contributed by atoms with Crippen LogP contribution in [-0.2, 0) is 0 Å². The standard InChI is InChI=1S/C6H17GeN/c1-5-7(8-4)6(2)3/h6-8H,5H2,1-4H3. The normalized spacial score (nSPS) is 14.6. The van der Waals surface area contributed by atoms with E-state index in [0.29, 0.717) is 0 Å². The van der Waals surface area contributed by atoms with Crippen molar-refractivity contribution in [1.29, 1.82) is 0 Å². The van der Waals surface area contributed by atoms with Gasteiger partial charge in [0, 0.05) is 0 Å². The molecule has 0 saturated carbocycles. The van der Waals surface area contributed by atoms with Gasteiger partial charge in [-0.1, -0.05) is 0 Å². The van der Waals surface area contributed by atoms with Crippen molar-refractivity contribution in [2.24, 2.45) is 0 Å². The third-order valence-corrected chi connectivity index (χ3v) is 8.39. The Bertz CT molecular complexity index is 50.5. The Labute approximate surface area is 57.2 Å². The zero-order valence-electron chi connectivity index (χ0n) is 6.36. The Morgan fingerprint density at radius 3 is 2.00 bits per heavy atom. The second kappa shape index (κ2) is 4.39. The van der Waals surface area contributed by atoms with Gasteiger partial charge in [-0.15, -0.1) is 0 Å². The van der Waals surface area contributed by atoms with Crippen molar-refractivity contribution in [3.05, 3.63) is 0 Å². The maximum absolute atomic E-state index is 3.44. The van der Waals surface area contributed by atoms with Crippen molar-refractivity contribution in [2.45, 2.75) is 30.8 Å². The Morgan fingerprint density at radius 2 is 2.00 bits per heavy atom. The molecular weight excluding hydrogens is 159 g/mol. The molecule has 1 unspecified atom stereocenters. The van der Waals surface area contributed by atoms with Gasteiger partial charge in [-0.3, -0.25) is 0 Å². The molecule has 0 aromatic carbocycles. The van der Waals surface area contributed by atoms with Gasteiger partial charge in [0.25, 0.3) is 0 Å². The molecule has 0 saturated heterocycles. The Hall–Kier alpha value is 0.503. The first-order chi connectivity index (χ1) is 3.72. The van der Waals surface area contributed by atoms with E-state index in [1.807, 2.05) is 0 Å². The van der Waals surface area contributed by atoms with E-state index in [2.05, 4.69) is 32.1 Å². The van der Waals surface area contributed by atoms with Crippen molar-refractivity contribution in [2.75, 3.05) is 7.05 Å². The molecule has 1 nitrogen and oxygen atoms in total. The van der Waals surface area contributed by atoms with Gasteiger partial charge >= 0.3 is 56.7 Å². The van der Waals surface area contributed by atoms with E-state index in [1.54, 1.807) is 0 Å². The summed E-state index contributed by atoms with van der Waals surface area (Å²) in [7, 11) is 2.11. The van der Waals surface area contributed by atoms with Crippen LogP contribution in [0.4, 0.5) is 0 Å². The second-order valence-electron chi connectivity index (χ2n) is 2.55. The molecule has 2 heteroatoms. The summed E-state index contributed by atoms with van der Waals surface area (Å²) in [5, 5.41) is 1.42. The number of nitrogens with one attached hydrogen (secondary N) is 1. The second-order valence-corrected chi connectivity index (χ2v) is 10.8. The number of hydrogen-bond donors (Lipinski definition) is 1. The topological polar surface area (TPSA) is 12.0 Å². The Balaban J connectivity index is 3.35. The van der Waals surface area contributed by atoms with Crippen LogP contribution in [-0.4, -0.2) is 21.6 Å². The van der Waals surface area contributed by atoms with E-state index in [4.69, 9.17) is 0 Å². The summed E-state index contributed by atoms with van der Waals surface area (Å²) < 4.78 is 4.39. The fourth-order valence-electron chi connectivity index (χ4n) is 1.01. The van der Waals surface area contributed by atoms with Crippen molar-refractivity contribution >= 4 is 14.6 Å². The van der Waals surface area contributed by atoms with Crippen LogP contribution in [0.3, 0.4) is 0 Å². The van der Waals surface area contributed by atoms with Crippen LogP contribution < -0.4 is 4.27 Å². The van der Waals surface area contributed by atoms with E-state index in [0.717, 1.165) is 4.75 Å². The van der Waals surface area contributed by atoms with Crippen LogP contribution >= 0.6 is 0 Å². The van der Waals surface area contributed by atoms with Gasteiger partial charge in [-0.2, -0.15) is 0 Å². The molecule has 0 bridgehead atoms. The molecular formula is C6H17GeN. The summed E-state index contributed by atoms with van der Waals surface area (Å²) in [6.45, 7) is 6.94. The van der Waals surface area contributed by atoms with Gasteiger partial charge in [-0.05, 0) is 0 Å². The summed E-state index contributed by atoms with van der Waals surface area (Å²) in [5.74, 6) is 0. The summed E-state index contributed by atoms with van der Waals surface area (Å²) >= 11 is -0.942. The third kappa shape index (κ3) is 2.72. The maximum atomic E-state index is 3.44. The van der Waals surface area contributed by atoms with Crippen LogP contribution in [0, 0.1) is 0 Å². The van der Waals surface area contributed by atoms with Gasteiger partial charge in [0.15, 0.2) is 0 Å². The zero-order valence-corrected chi connectivity index (χ0v) is 8.78. The molecule has 0 aromatic rings. The molecule has 0 aliphatic carbocycles. The van der Waals surface area contributed by atoms with Gasteiger partial charge in [0.1, 0.15) is 0 Å². The third-order valence-electron chi connectivity index (χ3n) is 1.62. The molecule has 0 amide bonds. The predicted molar refractivity (Wildman–Crippen MR) is 41.8 cm³/mol. The number of hydrogen-bond acceptors (Lipinski definition) is 1. The van der Waals surface area contributed by atoms with Crippen molar-refractivity contribution in [3.8, 4) is 0 Å². The molecule has 0 radical (unpaired) electrons. The fraction of sp³-hybridized carbons (Fsp3) is 1.00. The fourth-order valence-corrected chi connectivity index (χ4v) is 5.24.